The number of nitrogens with one attached hydrogen (secondary N) is 1. The Bertz CT molecular complexity index is 302. The minimum absolute atomic E-state index is 0.232. The van der Waals surface area contributed by atoms with Crippen LogP contribution in [0.4, 0.5) is 4.79 Å². The van der Waals surface area contributed by atoms with E-state index in [1.807, 2.05) is 6.92 Å². The highest BCUT2D eigenvalue weighted by Gasteiger charge is 2.22. The number of carbonyl (C=O) groups excluding carboxylic acids is 1. The van der Waals surface area contributed by atoms with E-state index in [9.17, 15) is 4.79 Å². The lowest BCUT2D eigenvalue weighted by atomic mass is 9.79. The maximum atomic E-state index is 10.5. The highest BCUT2D eigenvalue weighted by molar-refractivity contribution is 6.00. The van der Waals surface area contributed by atoms with E-state index < -0.39 is 6.03 Å². The number of urea groups is 1. The van der Waals surface area contributed by atoms with Crippen molar-refractivity contribution in [2.45, 2.75) is 33.6 Å². The second-order valence-electron chi connectivity index (χ2n) is 4.35. The lowest BCUT2D eigenvalue weighted by molar-refractivity contribution is 0.249. The zero-order valence-electron chi connectivity index (χ0n) is 8.92. The van der Waals surface area contributed by atoms with Crippen molar-refractivity contribution in [1.29, 1.82) is 0 Å². The molecule has 0 aliphatic heterocycles. The van der Waals surface area contributed by atoms with Gasteiger partial charge in [0.1, 0.15) is 0 Å². The van der Waals surface area contributed by atoms with Gasteiger partial charge in [-0.1, -0.05) is 19.9 Å². The number of hydrazone groups is 1. The van der Waals surface area contributed by atoms with E-state index in [-0.39, 0.29) is 5.41 Å². The average molecular weight is 195 g/mol. The molecule has 0 heterocycles. The summed E-state index contributed by atoms with van der Waals surface area (Å²) >= 11 is 0. The van der Waals surface area contributed by atoms with Crippen LogP contribution < -0.4 is 11.2 Å². The van der Waals surface area contributed by atoms with Crippen LogP contribution >= 0.6 is 0 Å². The summed E-state index contributed by atoms with van der Waals surface area (Å²) in [5, 5.41) is 3.95. The number of rotatable bonds is 1. The van der Waals surface area contributed by atoms with Gasteiger partial charge in [-0.3, -0.25) is 0 Å². The third kappa shape index (κ3) is 2.87. The van der Waals surface area contributed by atoms with Crippen LogP contribution in [0.15, 0.2) is 16.8 Å². The number of amides is 2. The van der Waals surface area contributed by atoms with Crippen molar-refractivity contribution in [3.05, 3.63) is 11.6 Å². The van der Waals surface area contributed by atoms with Crippen molar-refractivity contribution in [3.63, 3.8) is 0 Å². The molecule has 4 heteroatoms. The molecule has 1 rings (SSSR count). The molecule has 0 radical (unpaired) electrons. The first-order valence-corrected chi connectivity index (χ1v) is 4.72. The molecule has 1 aliphatic carbocycles. The fourth-order valence-electron chi connectivity index (χ4n) is 1.65. The van der Waals surface area contributed by atoms with Gasteiger partial charge in [-0.15, -0.1) is 0 Å². The summed E-state index contributed by atoms with van der Waals surface area (Å²) in [5.41, 5.74) is 9.46. The van der Waals surface area contributed by atoms with Crippen molar-refractivity contribution in [2.24, 2.45) is 16.3 Å². The molecule has 14 heavy (non-hydrogen) atoms. The second kappa shape index (κ2) is 3.82. The van der Waals surface area contributed by atoms with Gasteiger partial charge < -0.3 is 5.73 Å². The van der Waals surface area contributed by atoms with Gasteiger partial charge in [-0.2, -0.15) is 5.10 Å². The van der Waals surface area contributed by atoms with Crippen LogP contribution in [0, 0.1) is 5.41 Å². The molecule has 0 aromatic rings. The molecule has 0 atom stereocenters. The zero-order valence-corrected chi connectivity index (χ0v) is 8.92. The topological polar surface area (TPSA) is 67.5 Å². The van der Waals surface area contributed by atoms with Crippen LogP contribution in [-0.4, -0.2) is 11.7 Å². The minimum Gasteiger partial charge on any atom is -0.350 e. The van der Waals surface area contributed by atoms with Crippen LogP contribution in [0.25, 0.3) is 0 Å². The van der Waals surface area contributed by atoms with Gasteiger partial charge in [-0.05, 0) is 30.8 Å². The molecule has 0 saturated carbocycles. The molecule has 0 fully saturated rings. The molecule has 0 saturated heterocycles. The molecule has 0 aromatic heterocycles. The predicted octanol–water partition coefficient (Wildman–Crippen LogP) is 1.78. The van der Waals surface area contributed by atoms with E-state index in [2.05, 4.69) is 30.5 Å². The van der Waals surface area contributed by atoms with Crippen LogP contribution in [0.2, 0.25) is 0 Å². The summed E-state index contributed by atoms with van der Waals surface area (Å²) in [5.74, 6) is 0. The molecule has 1 aliphatic rings. The molecular weight excluding hydrogens is 178 g/mol. The number of nitrogens with zero attached hydrogens (tertiary/aromatic N) is 1. The maximum absolute atomic E-state index is 10.5. The molecule has 0 spiro atoms. The highest BCUT2D eigenvalue weighted by Crippen LogP contribution is 2.31. The molecule has 0 aromatic carbocycles. The first-order chi connectivity index (χ1) is 6.41. The van der Waals surface area contributed by atoms with Gasteiger partial charge in [-0.25, -0.2) is 10.2 Å². The van der Waals surface area contributed by atoms with Crippen LogP contribution in [0.1, 0.15) is 33.6 Å². The predicted molar refractivity (Wildman–Crippen MR) is 56.9 cm³/mol. The van der Waals surface area contributed by atoms with Gasteiger partial charge in [0, 0.05) is 0 Å². The molecular formula is C10H17N3O. The minimum atomic E-state index is -0.616. The molecule has 78 valence electrons. The first kappa shape index (κ1) is 10.8. The van der Waals surface area contributed by atoms with Crippen LogP contribution in [-0.2, 0) is 0 Å². The first-order valence-electron chi connectivity index (χ1n) is 4.72. The van der Waals surface area contributed by atoms with E-state index in [1.165, 1.54) is 0 Å². The molecule has 0 bridgehead atoms. The van der Waals surface area contributed by atoms with Crippen molar-refractivity contribution < 1.29 is 4.79 Å². The largest absolute Gasteiger partial charge is 0.350 e. The third-order valence-corrected chi connectivity index (χ3v) is 2.37. The molecule has 0 unspecified atom stereocenters. The van der Waals surface area contributed by atoms with E-state index in [0.717, 1.165) is 24.1 Å². The Balaban J connectivity index is 2.76. The third-order valence-electron chi connectivity index (χ3n) is 2.37. The maximum Gasteiger partial charge on any atom is 0.332 e. The van der Waals surface area contributed by atoms with Gasteiger partial charge in [0.15, 0.2) is 0 Å². The summed E-state index contributed by atoms with van der Waals surface area (Å²) in [6, 6.07) is -0.616. The normalized spacial score (nSPS) is 23.1. The van der Waals surface area contributed by atoms with Gasteiger partial charge >= 0.3 is 6.03 Å². The Labute approximate surface area is 84.2 Å². The van der Waals surface area contributed by atoms with Crippen LogP contribution in [0.3, 0.4) is 0 Å². The molecule has 2 amide bonds. The van der Waals surface area contributed by atoms with Crippen molar-refractivity contribution in [3.8, 4) is 0 Å². The van der Waals surface area contributed by atoms with E-state index in [0.29, 0.717) is 0 Å². The van der Waals surface area contributed by atoms with E-state index >= 15 is 0 Å². The quantitative estimate of drug-likeness (QED) is 0.615. The van der Waals surface area contributed by atoms with Crippen LogP contribution in [0.5, 0.6) is 0 Å². The smallest absolute Gasteiger partial charge is 0.332 e. The number of nitrogens with two attached hydrogens (primary N) is 1. The van der Waals surface area contributed by atoms with E-state index in [1.54, 1.807) is 0 Å². The Morgan fingerprint density at radius 1 is 1.64 bits per heavy atom. The van der Waals surface area contributed by atoms with Gasteiger partial charge in [0.05, 0.1) is 5.71 Å². The van der Waals surface area contributed by atoms with E-state index in [4.69, 9.17) is 5.73 Å². The summed E-state index contributed by atoms with van der Waals surface area (Å²) < 4.78 is 0. The molecule has 4 nitrogen and oxygen atoms in total. The average Bonchev–Trinajstić information content (AvgIpc) is 2.00. The summed E-state index contributed by atoms with van der Waals surface area (Å²) in [6.07, 6.45) is 4.11. The Morgan fingerprint density at radius 3 is 2.79 bits per heavy atom. The number of carbonyl (C=O) groups is 1. The number of hydrogen-bond donors (Lipinski definition) is 2. The monoisotopic (exact) mass is 195 g/mol. The van der Waals surface area contributed by atoms with Crippen molar-refractivity contribution >= 4 is 11.7 Å². The Morgan fingerprint density at radius 2 is 2.29 bits per heavy atom. The summed E-state index contributed by atoms with van der Waals surface area (Å²) in [6.45, 7) is 6.38. The Kier molecular flexibility index (Phi) is 2.93. The zero-order chi connectivity index (χ0) is 10.8. The highest BCUT2D eigenvalue weighted by atomic mass is 16.2. The van der Waals surface area contributed by atoms with Crippen molar-refractivity contribution in [2.75, 3.05) is 0 Å². The fraction of sp³-hybridized carbons (Fsp3) is 0.600. The second-order valence-corrected chi connectivity index (χ2v) is 4.35. The SMILES string of the molecule is CC1=CC(C)(C)CCC1=NNC(N)=O. The summed E-state index contributed by atoms with van der Waals surface area (Å²) in [7, 11) is 0. The number of allylic oxidation sites excluding steroid dienone is 2. The lowest BCUT2D eigenvalue weighted by Gasteiger charge is -2.27. The fourth-order valence-corrected chi connectivity index (χ4v) is 1.65. The standard InChI is InChI=1S/C10H17N3O/c1-7-6-10(2,3)5-4-8(7)12-13-9(11)14/h6H,4-5H2,1-3H3,(H3,11,13,14). The molecule has 3 N–H and O–H groups in total. The number of hydrogen-bond acceptors (Lipinski definition) is 2. The number of primary amides is 1. The Hall–Kier alpha value is -1.32. The van der Waals surface area contributed by atoms with Crippen molar-refractivity contribution in [1.82, 2.24) is 5.43 Å². The van der Waals surface area contributed by atoms with Gasteiger partial charge in [0.25, 0.3) is 0 Å². The summed E-state index contributed by atoms with van der Waals surface area (Å²) in [4.78, 5) is 10.5. The van der Waals surface area contributed by atoms with Gasteiger partial charge in [0.2, 0.25) is 0 Å². The lowest BCUT2D eigenvalue weighted by Crippen LogP contribution is -2.27.